The predicted octanol–water partition coefficient (Wildman–Crippen LogP) is 2.61. The smallest absolute Gasteiger partial charge is 0.253 e. The molecule has 1 aromatic carbocycles. The van der Waals surface area contributed by atoms with E-state index < -0.39 is 5.82 Å². The molecule has 18 heavy (non-hydrogen) atoms. The highest BCUT2D eigenvalue weighted by molar-refractivity contribution is 6.36. The maximum atomic E-state index is 13.3. The average Bonchev–Trinajstić information content (AvgIpc) is 2.35. The molecule has 2 rings (SSSR count). The lowest BCUT2D eigenvalue weighted by Crippen LogP contribution is -2.45. The van der Waals surface area contributed by atoms with E-state index in [0.29, 0.717) is 0 Å². The van der Waals surface area contributed by atoms with Crippen molar-refractivity contribution in [3.05, 3.63) is 33.6 Å². The molecule has 6 heteroatoms. The van der Waals surface area contributed by atoms with Gasteiger partial charge in [-0.1, -0.05) is 23.2 Å². The summed E-state index contributed by atoms with van der Waals surface area (Å²) in [5.41, 5.74) is 0.115. The van der Waals surface area contributed by atoms with Gasteiger partial charge in [0.25, 0.3) is 5.91 Å². The first kappa shape index (κ1) is 13.6. The Morgan fingerprint density at radius 3 is 2.83 bits per heavy atom. The van der Waals surface area contributed by atoms with Crippen molar-refractivity contribution in [2.45, 2.75) is 18.9 Å². The summed E-state index contributed by atoms with van der Waals surface area (Å²) in [6, 6.07) is 2.36. The first-order chi connectivity index (χ1) is 8.58. The number of rotatable bonds is 2. The van der Waals surface area contributed by atoms with Crippen molar-refractivity contribution in [1.29, 1.82) is 0 Å². The number of halogens is 3. The Bertz CT molecular complexity index is 462. The van der Waals surface area contributed by atoms with Crippen molar-refractivity contribution >= 4 is 29.1 Å². The molecule has 1 amide bonds. The molecule has 1 fully saturated rings. The topological polar surface area (TPSA) is 41.1 Å². The highest BCUT2D eigenvalue weighted by Crippen LogP contribution is 2.24. The van der Waals surface area contributed by atoms with E-state index in [1.165, 1.54) is 6.07 Å². The molecule has 1 heterocycles. The van der Waals surface area contributed by atoms with Gasteiger partial charge in [-0.05, 0) is 31.5 Å². The van der Waals surface area contributed by atoms with Crippen molar-refractivity contribution in [3.63, 3.8) is 0 Å². The van der Waals surface area contributed by atoms with Gasteiger partial charge in [0.15, 0.2) is 0 Å². The quantitative estimate of drug-likeness (QED) is 0.822. The fourth-order valence-electron chi connectivity index (χ4n) is 1.93. The number of amides is 1. The van der Waals surface area contributed by atoms with Crippen molar-refractivity contribution in [2.24, 2.45) is 0 Å². The van der Waals surface area contributed by atoms with Crippen LogP contribution >= 0.6 is 23.2 Å². The Labute approximate surface area is 115 Å². The van der Waals surface area contributed by atoms with Crippen LogP contribution in [0.3, 0.4) is 0 Å². The second-order valence-electron chi connectivity index (χ2n) is 4.26. The van der Waals surface area contributed by atoms with Gasteiger partial charge in [-0.2, -0.15) is 0 Å². The standard InChI is InChI=1S/C12H13Cl2FN2O/c13-9-5-10(14)11(15)4-8(9)12(18)17-7-2-1-3-16-6-7/h4-5,7,16H,1-3,6H2,(H,17,18)/t7-/m0/s1. The number of piperidine rings is 1. The molecule has 0 saturated carbocycles. The van der Waals surface area contributed by atoms with Crippen molar-refractivity contribution in [2.75, 3.05) is 13.1 Å². The number of benzene rings is 1. The third-order valence-electron chi connectivity index (χ3n) is 2.89. The minimum atomic E-state index is -0.645. The molecule has 1 aliphatic rings. The molecule has 1 atom stereocenters. The largest absolute Gasteiger partial charge is 0.348 e. The van der Waals surface area contributed by atoms with Crippen LogP contribution in [0.5, 0.6) is 0 Å². The zero-order chi connectivity index (χ0) is 13.1. The van der Waals surface area contributed by atoms with E-state index in [-0.39, 0.29) is 27.6 Å². The van der Waals surface area contributed by atoms with Gasteiger partial charge in [-0.25, -0.2) is 4.39 Å². The van der Waals surface area contributed by atoms with Crippen LogP contribution in [0.4, 0.5) is 4.39 Å². The zero-order valence-corrected chi connectivity index (χ0v) is 11.1. The molecule has 0 aromatic heterocycles. The Morgan fingerprint density at radius 1 is 1.39 bits per heavy atom. The summed E-state index contributed by atoms with van der Waals surface area (Å²) in [7, 11) is 0. The van der Waals surface area contributed by atoms with Crippen LogP contribution in [0.2, 0.25) is 10.0 Å². The van der Waals surface area contributed by atoms with E-state index >= 15 is 0 Å². The Hall–Kier alpha value is -0.840. The van der Waals surface area contributed by atoms with Gasteiger partial charge in [0.05, 0.1) is 15.6 Å². The molecular weight excluding hydrogens is 278 g/mol. The fraction of sp³-hybridized carbons (Fsp3) is 0.417. The van der Waals surface area contributed by atoms with E-state index in [4.69, 9.17) is 23.2 Å². The number of hydrogen-bond donors (Lipinski definition) is 2. The summed E-state index contributed by atoms with van der Waals surface area (Å²) in [6.07, 6.45) is 1.92. The van der Waals surface area contributed by atoms with Crippen LogP contribution in [-0.4, -0.2) is 25.0 Å². The van der Waals surface area contributed by atoms with E-state index in [1.807, 2.05) is 0 Å². The van der Waals surface area contributed by atoms with Crippen LogP contribution < -0.4 is 10.6 Å². The number of carbonyl (C=O) groups is 1. The van der Waals surface area contributed by atoms with Crippen LogP contribution in [0.25, 0.3) is 0 Å². The lowest BCUT2D eigenvalue weighted by atomic mass is 10.1. The van der Waals surface area contributed by atoms with Gasteiger partial charge >= 0.3 is 0 Å². The lowest BCUT2D eigenvalue weighted by molar-refractivity contribution is 0.0930. The molecule has 1 aromatic rings. The first-order valence-electron chi connectivity index (χ1n) is 5.74. The normalized spacial score (nSPS) is 19.6. The Balaban J connectivity index is 2.10. The Morgan fingerprint density at radius 2 is 2.17 bits per heavy atom. The number of carbonyl (C=O) groups excluding carboxylic acids is 1. The summed E-state index contributed by atoms with van der Waals surface area (Å²) >= 11 is 11.5. The minimum absolute atomic E-state index is 0.0565. The molecule has 0 bridgehead atoms. The molecule has 1 saturated heterocycles. The van der Waals surface area contributed by atoms with Gasteiger partial charge in [-0.3, -0.25) is 4.79 Å². The molecular formula is C12H13Cl2FN2O. The van der Waals surface area contributed by atoms with Gasteiger partial charge in [0, 0.05) is 12.6 Å². The van der Waals surface area contributed by atoms with Gasteiger partial charge in [0.1, 0.15) is 5.82 Å². The SMILES string of the molecule is O=C(N[C@H]1CCCNC1)c1cc(F)c(Cl)cc1Cl. The Kier molecular flexibility index (Phi) is 4.43. The third-order valence-corrected chi connectivity index (χ3v) is 3.49. The monoisotopic (exact) mass is 290 g/mol. The highest BCUT2D eigenvalue weighted by Gasteiger charge is 2.19. The van der Waals surface area contributed by atoms with Gasteiger partial charge in [-0.15, -0.1) is 0 Å². The van der Waals surface area contributed by atoms with Crippen LogP contribution in [0.15, 0.2) is 12.1 Å². The summed E-state index contributed by atoms with van der Waals surface area (Å²) < 4.78 is 13.3. The molecule has 0 aliphatic carbocycles. The van der Waals surface area contributed by atoms with Crippen LogP contribution in [0, 0.1) is 5.82 Å². The van der Waals surface area contributed by atoms with E-state index in [2.05, 4.69) is 10.6 Å². The summed E-state index contributed by atoms with van der Waals surface area (Å²) in [5.74, 6) is -1.02. The molecule has 2 N–H and O–H groups in total. The van der Waals surface area contributed by atoms with E-state index in [9.17, 15) is 9.18 Å². The summed E-state index contributed by atoms with van der Waals surface area (Å²) in [4.78, 5) is 12.0. The second-order valence-corrected chi connectivity index (χ2v) is 5.08. The summed E-state index contributed by atoms with van der Waals surface area (Å²) in [5, 5.41) is 6.08. The van der Waals surface area contributed by atoms with Crippen molar-refractivity contribution in [1.82, 2.24) is 10.6 Å². The molecule has 0 spiro atoms. The van der Waals surface area contributed by atoms with E-state index in [1.54, 1.807) is 0 Å². The lowest BCUT2D eigenvalue weighted by Gasteiger charge is -2.24. The van der Waals surface area contributed by atoms with Gasteiger partial charge < -0.3 is 10.6 Å². The molecule has 0 radical (unpaired) electrons. The molecule has 98 valence electrons. The fourth-order valence-corrected chi connectivity index (χ4v) is 2.40. The van der Waals surface area contributed by atoms with Crippen LogP contribution in [-0.2, 0) is 0 Å². The predicted molar refractivity (Wildman–Crippen MR) is 69.8 cm³/mol. The number of nitrogens with one attached hydrogen (secondary N) is 2. The highest BCUT2D eigenvalue weighted by atomic mass is 35.5. The first-order valence-corrected chi connectivity index (χ1v) is 6.49. The maximum absolute atomic E-state index is 13.3. The molecule has 3 nitrogen and oxygen atoms in total. The van der Waals surface area contributed by atoms with Crippen molar-refractivity contribution in [3.8, 4) is 0 Å². The third kappa shape index (κ3) is 3.13. The van der Waals surface area contributed by atoms with Gasteiger partial charge in [0.2, 0.25) is 0 Å². The molecule has 0 unspecified atom stereocenters. The maximum Gasteiger partial charge on any atom is 0.253 e. The minimum Gasteiger partial charge on any atom is -0.348 e. The van der Waals surface area contributed by atoms with Crippen molar-refractivity contribution < 1.29 is 9.18 Å². The number of hydrogen-bond acceptors (Lipinski definition) is 2. The van der Waals surface area contributed by atoms with E-state index in [0.717, 1.165) is 32.0 Å². The average molecular weight is 291 g/mol. The summed E-state index contributed by atoms with van der Waals surface area (Å²) in [6.45, 7) is 1.68. The zero-order valence-electron chi connectivity index (χ0n) is 9.60. The second kappa shape index (κ2) is 5.87. The van der Waals surface area contributed by atoms with Crippen LogP contribution in [0.1, 0.15) is 23.2 Å². The molecule has 1 aliphatic heterocycles.